The van der Waals surface area contributed by atoms with Crippen molar-refractivity contribution in [2.75, 3.05) is 27.2 Å². The number of rotatable bonds is 4. The first kappa shape index (κ1) is 15.7. The van der Waals surface area contributed by atoms with Gasteiger partial charge in [0.05, 0.1) is 16.3 Å². The summed E-state index contributed by atoms with van der Waals surface area (Å²) in [7, 11) is 3.99. The molecule has 4 nitrogen and oxygen atoms in total. The number of nitrogens with two attached hydrogens (primary N) is 1. The first-order valence-corrected chi connectivity index (χ1v) is 7.01. The highest BCUT2D eigenvalue weighted by Crippen LogP contribution is 2.20. The average molecular weight is 279 g/mol. The van der Waals surface area contributed by atoms with Crippen LogP contribution in [0.5, 0.6) is 0 Å². The molecular formula is C14H21N3OS. The molecule has 104 valence electrons. The lowest BCUT2D eigenvalue weighted by molar-refractivity contribution is 0.0947. The second-order valence-corrected chi connectivity index (χ2v) is 5.70. The quantitative estimate of drug-likeness (QED) is 0.810. The van der Waals surface area contributed by atoms with Gasteiger partial charge in [-0.25, -0.2) is 0 Å². The number of carbonyl (C=O) groups excluding carboxylic acids is 1. The van der Waals surface area contributed by atoms with E-state index in [2.05, 4.69) is 29.0 Å². The van der Waals surface area contributed by atoms with E-state index in [0.29, 0.717) is 24.0 Å². The molecule has 1 heterocycles. The van der Waals surface area contributed by atoms with E-state index in [-0.39, 0.29) is 5.91 Å². The second kappa shape index (κ2) is 7.29. The smallest absolute Gasteiger partial charge is 0.261 e. The van der Waals surface area contributed by atoms with Crippen LogP contribution in [0.15, 0.2) is 6.07 Å². The van der Waals surface area contributed by atoms with E-state index >= 15 is 0 Å². The molecule has 0 saturated heterocycles. The standard InChI is InChI=1S/C14H21N3OS/c1-10-8-13(19-12(10)6-5-7-15)14(18)16-9-11(2)17(3)4/h8,11H,7,9,15H2,1-4H3,(H,16,18). The molecule has 3 N–H and O–H groups in total. The van der Waals surface area contributed by atoms with Crippen LogP contribution in [0.4, 0.5) is 0 Å². The predicted octanol–water partition coefficient (Wildman–Crippen LogP) is 1.05. The maximum absolute atomic E-state index is 12.0. The van der Waals surface area contributed by atoms with Crippen LogP contribution in [0.2, 0.25) is 0 Å². The molecule has 19 heavy (non-hydrogen) atoms. The average Bonchev–Trinajstić information content (AvgIpc) is 2.74. The first-order chi connectivity index (χ1) is 8.95. The Morgan fingerprint density at radius 3 is 2.84 bits per heavy atom. The van der Waals surface area contributed by atoms with Crippen molar-refractivity contribution < 1.29 is 4.79 Å². The minimum absolute atomic E-state index is 0.0393. The van der Waals surface area contributed by atoms with Crippen molar-refractivity contribution in [3.05, 3.63) is 21.4 Å². The van der Waals surface area contributed by atoms with Gasteiger partial charge in [0, 0.05) is 12.6 Å². The molecule has 0 radical (unpaired) electrons. The van der Waals surface area contributed by atoms with Gasteiger partial charge in [-0.3, -0.25) is 4.79 Å². The van der Waals surface area contributed by atoms with Crippen molar-refractivity contribution in [2.24, 2.45) is 5.73 Å². The van der Waals surface area contributed by atoms with Gasteiger partial charge >= 0.3 is 0 Å². The fourth-order valence-corrected chi connectivity index (χ4v) is 2.32. The molecule has 0 aliphatic carbocycles. The van der Waals surface area contributed by atoms with E-state index in [1.54, 1.807) is 0 Å². The van der Waals surface area contributed by atoms with Gasteiger partial charge in [0.2, 0.25) is 0 Å². The Hall–Kier alpha value is -1.35. The number of nitrogens with one attached hydrogen (secondary N) is 1. The normalized spacial score (nSPS) is 11.9. The summed E-state index contributed by atoms with van der Waals surface area (Å²) in [5.41, 5.74) is 6.37. The van der Waals surface area contributed by atoms with Crippen LogP contribution in [0.25, 0.3) is 0 Å². The summed E-state index contributed by atoms with van der Waals surface area (Å²) in [5, 5.41) is 2.93. The van der Waals surface area contributed by atoms with Crippen LogP contribution < -0.4 is 11.1 Å². The molecule has 1 unspecified atom stereocenters. The lowest BCUT2D eigenvalue weighted by Gasteiger charge is -2.19. The second-order valence-electron chi connectivity index (χ2n) is 4.65. The molecule has 0 aliphatic heterocycles. The van der Waals surface area contributed by atoms with Crippen LogP contribution in [0.3, 0.4) is 0 Å². The number of amides is 1. The summed E-state index contributed by atoms with van der Waals surface area (Å²) in [6.45, 7) is 4.99. The van der Waals surface area contributed by atoms with Crippen molar-refractivity contribution in [2.45, 2.75) is 19.9 Å². The summed E-state index contributed by atoms with van der Waals surface area (Å²) in [4.78, 5) is 15.7. The molecule has 0 saturated carbocycles. The predicted molar refractivity (Wildman–Crippen MR) is 80.5 cm³/mol. The maximum Gasteiger partial charge on any atom is 0.261 e. The van der Waals surface area contributed by atoms with Crippen molar-refractivity contribution in [3.8, 4) is 11.8 Å². The molecule has 0 spiro atoms. The Bertz CT molecular complexity index is 497. The van der Waals surface area contributed by atoms with Gasteiger partial charge in [0.15, 0.2) is 0 Å². The van der Waals surface area contributed by atoms with Crippen LogP contribution >= 0.6 is 11.3 Å². The molecule has 1 rings (SSSR count). The molecule has 1 amide bonds. The van der Waals surface area contributed by atoms with E-state index in [4.69, 9.17) is 5.73 Å². The summed E-state index contributed by atoms with van der Waals surface area (Å²) in [6.07, 6.45) is 0. The van der Waals surface area contributed by atoms with E-state index in [1.807, 2.05) is 27.1 Å². The van der Waals surface area contributed by atoms with E-state index in [9.17, 15) is 4.79 Å². The number of hydrogen-bond acceptors (Lipinski definition) is 4. The fraction of sp³-hybridized carbons (Fsp3) is 0.500. The minimum atomic E-state index is -0.0393. The number of likely N-dealkylation sites (N-methyl/N-ethyl adjacent to an activating group) is 1. The van der Waals surface area contributed by atoms with Gasteiger partial charge in [-0.1, -0.05) is 11.8 Å². The molecule has 0 aromatic carbocycles. The molecule has 0 aliphatic rings. The number of thiophene rings is 1. The number of nitrogens with zero attached hydrogens (tertiary/aromatic N) is 1. The zero-order chi connectivity index (χ0) is 14.4. The third kappa shape index (κ3) is 4.67. The first-order valence-electron chi connectivity index (χ1n) is 6.19. The van der Waals surface area contributed by atoms with Crippen molar-refractivity contribution in [1.29, 1.82) is 0 Å². The maximum atomic E-state index is 12.0. The number of hydrogen-bond donors (Lipinski definition) is 2. The van der Waals surface area contributed by atoms with Crippen LogP contribution in [-0.2, 0) is 0 Å². The van der Waals surface area contributed by atoms with E-state index in [0.717, 1.165) is 10.4 Å². The largest absolute Gasteiger partial charge is 0.350 e. The zero-order valence-corrected chi connectivity index (χ0v) is 12.7. The Labute approximate surface area is 119 Å². The van der Waals surface area contributed by atoms with Crippen LogP contribution in [0.1, 0.15) is 27.0 Å². The number of carbonyl (C=O) groups is 1. The molecular weight excluding hydrogens is 258 g/mol. The third-order valence-electron chi connectivity index (χ3n) is 2.89. The lowest BCUT2D eigenvalue weighted by atomic mass is 10.2. The third-order valence-corrected chi connectivity index (χ3v) is 4.04. The summed E-state index contributed by atoms with van der Waals surface area (Å²) in [5.74, 6) is 5.76. The van der Waals surface area contributed by atoms with E-state index < -0.39 is 0 Å². The topological polar surface area (TPSA) is 58.4 Å². The van der Waals surface area contributed by atoms with E-state index in [1.165, 1.54) is 11.3 Å². The SMILES string of the molecule is Cc1cc(C(=O)NCC(C)N(C)C)sc1C#CCN. The van der Waals surface area contributed by atoms with Crippen molar-refractivity contribution in [1.82, 2.24) is 10.2 Å². The van der Waals surface area contributed by atoms with Crippen molar-refractivity contribution >= 4 is 17.2 Å². The van der Waals surface area contributed by atoms with Crippen LogP contribution in [0, 0.1) is 18.8 Å². The highest BCUT2D eigenvalue weighted by molar-refractivity contribution is 7.14. The molecule has 0 bridgehead atoms. The molecule has 1 aromatic heterocycles. The lowest BCUT2D eigenvalue weighted by Crippen LogP contribution is -2.37. The molecule has 1 aromatic rings. The molecule has 1 atom stereocenters. The fourth-order valence-electron chi connectivity index (χ4n) is 1.36. The Morgan fingerprint density at radius 2 is 2.26 bits per heavy atom. The summed E-state index contributed by atoms with van der Waals surface area (Å²) >= 11 is 1.41. The highest BCUT2D eigenvalue weighted by atomic mass is 32.1. The number of aryl methyl sites for hydroxylation is 1. The van der Waals surface area contributed by atoms with Gasteiger partial charge in [0.25, 0.3) is 5.91 Å². The minimum Gasteiger partial charge on any atom is -0.350 e. The van der Waals surface area contributed by atoms with Gasteiger partial charge in [-0.15, -0.1) is 11.3 Å². The monoisotopic (exact) mass is 279 g/mol. The molecule has 5 heteroatoms. The van der Waals surface area contributed by atoms with Gasteiger partial charge < -0.3 is 16.0 Å². The van der Waals surface area contributed by atoms with Gasteiger partial charge in [0.1, 0.15) is 0 Å². The zero-order valence-electron chi connectivity index (χ0n) is 11.9. The Balaban J connectivity index is 2.68. The Kier molecular flexibility index (Phi) is 6.03. The highest BCUT2D eigenvalue weighted by Gasteiger charge is 2.13. The molecule has 0 fully saturated rings. The van der Waals surface area contributed by atoms with Crippen molar-refractivity contribution in [3.63, 3.8) is 0 Å². The summed E-state index contributed by atoms with van der Waals surface area (Å²) in [6, 6.07) is 2.18. The summed E-state index contributed by atoms with van der Waals surface area (Å²) < 4.78 is 0. The van der Waals surface area contributed by atoms with Gasteiger partial charge in [-0.2, -0.15) is 0 Å². The Morgan fingerprint density at radius 1 is 1.58 bits per heavy atom. The van der Waals surface area contributed by atoms with Crippen LogP contribution in [-0.4, -0.2) is 44.0 Å². The van der Waals surface area contributed by atoms with Gasteiger partial charge in [-0.05, 0) is 39.6 Å².